The van der Waals surface area contributed by atoms with Crippen molar-refractivity contribution in [2.24, 2.45) is 0 Å². The van der Waals surface area contributed by atoms with Crippen LogP contribution in [0.3, 0.4) is 0 Å². The van der Waals surface area contributed by atoms with Crippen LogP contribution >= 0.6 is 0 Å². The molecule has 1 aliphatic heterocycles. The summed E-state index contributed by atoms with van der Waals surface area (Å²) in [6, 6.07) is -0.362. The van der Waals surface area contributed by atoms with Gasteiger partial charge in [0.15, 0.2) is 0 Å². The molecule has 0 aromatic carbocycles. The maximum absolute atomic E-state index is 12.3. The average Bonchev–Trinajstić information content (AvgIpc) is 2.43. The number of aliphatic hydroxyl groups excluding tert-OH is 1. The molecule has 1 N–H and O–H groups in total. The maximum atomic E-state index is 12.3. The molecule has 0 bridgehead atoms. The van der Waals surface area contributed by atoms with Crippen molar-refractivity contribution in [3.8, 4) is 0 Å². The van der Waals surface area contributed by atoms with Crippen molar-refractivity contribution in [1.29, 1.82) is 0 Å². The van der Waals surface area contributed by atoms with Crippen LogP contribution in [0, 0.1) is 0 Å². The Bertz CT molecular complexity index is 398. The fourth-order valence-corrected chi connectivity index (χ4v) is 3.69. The van der Waals surface area contributed by atoms with Crippen LogP contribution in [0.5, 0.6) is 0 Å². The Morgan fingerprint density at radius 1 is 1.47 bits per heavy atom. The van der Waals surface area contributed by atoms with Crippen LogP contribution in [0.1, 0.15) is 25.7 Å². The highest BCUT2D eigenvalue weighted by atomic mass is 32.2. The maximum Gasteiger partial charge on any atom is 0.306 e. The molecule has 7 nitrogen and oxygen atoms in total. The van der Waals surface area contributed by atoms with E-state index in [1.165, 1.54) is 18.5 Å². The molecule has 8 heteroatoms. The van der Waals surface area contributed by atoms with E-state index in [9.17, 15) is 18.3 Å². The standard InChI is InChI=1S/C11H22N2O5S/c1-12(8-6-11(15)18-2)19(16,17)13-7-4-3-5-10(13)9-14/h10,14H,3-9H2,1-2H3. The van der Waals surface area contributed by atoms with E-state index in [-0.39, 0.29) is 25.6 Å². The minimum absolute atomic E-state index is 0.0177. The molecule has 1 fully saturated rings. The molecular weight excluding hydrogens is 272 g/mol. The van der Waals surface area contributed by atoms with Crippen molar-refractivity contribution in [1.82, 2.24) is 8.61 Å². The van der Waals surface area contributed by atoms with Gasteiger partial charge in [-0.25, -0.2) is 0 Å². The van der Waals surface area contributed by atoms with Crippen molar-refractivity contribution in [3.05, 3.63) is 0 Å². The Morgan fingerprint density at radius 2 is 2.16 bits per heavy atom. The number of piperidine rings is 1. The molecule has 1 atom stereocenters. The molecular formula is C11H22N2O5S. The lowest BCUT2D eigenvalue weighted by Crippen LogP contribution is -2.51. The number of nitrogens with zero attached hydrogens (tertiary/aromatic N) is 2. The van der Waals surface area contributed by atoms with E-state index in [1.54, 1.807) is 0 Å². The number of esters is 1. The van der Waals surface area contributed by atoms with E-state index in [4.69, 9.17) is 0 Å². The van der Waals surface area contributed by atoms with Gasteiger partial charge in [-0.2, -0.15) is 17.0 Å². The van der Waals surface area contributed by atoms with Crippen molar-refractivity contribution >= 4 is 16.2 Å². The zero-order valence-corrected chi connectivity index (χ0v) is 12.2. The summed E-state index contributed by atoms with van der Waals surface area (Å²) in [5.41, 5.74) is 0. The Hall–Kier alpha value is -0.700. The highest BCUT2D eigenvalue weighted by Gasteiger charge is 2.34. The van der Waals surface area contributed by atoms with E-state index in [2.05, 4.69) is 4.74 Å². The second kappa shape index (κ2) is 7.18. The SMILES string of the molecule is COC(=O)CCN(C)S(=O)(=O)N1CCCCC1CO. The molecule has 1 heterocycles. The second-order valence-corrected chi connectivity index (χ2v) is 6.59. The molecule has 1 unspecified atom stereocenters. The molecule has 0 saturated carbocycles. The molecule has 0 aromatic rings. The summed E-state index contributed by atoms with van der Waals surface area (Å²) in [6.07, 6.45) is 2.40. The molecule has 0 spiro atoms. The first-order valence-corrected chi connectivity index (χ1v) is 7.74. The van der Waals surface area contributed by atoms with Crippen LogP contribution in [-0.4, -0.2) is 68.0 Å². The number of carbonyl (C=O) groups excluding carboxylic acids is 1. The smallest absolute Gasteiger partial charge is 0.306 e. The summed E-state index contributed by atoms with van der Waals surface area (Å²) < 4.78 is 31.6. The minimum atomic E-state index is -3.63. The number of hydrogen-bond donors (Lipinski definition) is 1. The molecule has 0 aliphatic carbocycles. The summed E-state index contributed by atoms with van der Waals surface area (Å²) in [6.45, 7) is 0.309. The molecule has 1 rings (SSSR count). The van der Waals surface area contributed by atoms with E-state index >= 15 is 0 Å². The Balaban J connectivity index is 2.69. The van der Waals surface area contributed by atoms with Gasteiger partial charge >= 0.3 is 5.97 Å². The van der Waals surface area contributed by atoms with E-state index < -0.39 is 16.2 Å². The molecule has 0 radical (unpaired) electrons. The largest absolute Gasteiger partial charge is 0.469 e. The van der Waals surface area contributed by atoms with Gasteiger partial charge < -0.3 is 9.84 Å². The molecule has 19 heavy (non-hydrogen) atoms. The van der Waals surface area contributed by atoms with Crippen molar-refractivity contribution in [3.63, 3.8) is 0 Å². The first-order chi connectivity index (χ1) is 8.93. The van der Waals surface area contributed by atoms with Gasteiger partial charge in [0.2, 0.25) is 0 Å². The monoisotopic (exact) mass is 294 g/mol. The van der Waals surface area contributed by atoms with Gasteiger partial charge in [0.1, 0.15) is 0 Å². The van der Waals surface area contributed by atoms with Gasteiger partial charge in [0.25, 0.3) is 10.2 Å². The predicted octanol–water partition coefficient (Wildman–Crippen LogP) is -0.427. The van der Waals surface area contributed by atoms with E-state index in [0.29, 0.717) is 13.0 Å². The Morgan fingerprint density at radius 3 is 2.74 bits per heavy atom. The zero-order valence-electron chi connectivity index (χ0n) is 11.4. The van der Waals surface area contributed by atoms with Gasteiger partial charge in [-0.1, -0.05) is 6.42 Å². The van der Waals surface area contributed by atoms with Gasteiger partial charge in [0, 0.05) is 26.2 Å². The number of rotatable bonds is 6. The number of hydrogen-bond acceptors (Lipinski definition) is 5. The number of aliphatic hydroxyl groups is 1. The lowest BCUT2D eigenvalue weighted by Gasteiger charge is -2.35. The normalized spacial score (nSPS) is 21.6. The molecule has 0 aromatic heterocycles. The minimum Gasteiger partial charge on any atom is -0.469 e. The van der Waals surface area contributed by atoms with Gasteiger partial charge in [-0.05, 0) is 12.8 Å². The summed E-state index contributed by atoms with van der Waals surface area (Å²) in [4.78, 5) is 11.0. The van der Waals surface area contributed by atoms with Crippen LogP contribution < -0.4 is 0 Å². The second-order valence-electron chi connectivity index (χ2n) is 4.60. The Kier molecular flexibility index (Phi) is 6.18. The zero-order chi connectivity index (χ0) is 14.5. The van der Waals surface area contributed by atoms with Crippen LogP contribution in [0.2, 0.25) is 0 Å². The highest BCUT2D eigenvalue weighted by Crippen LogP contribution is 2.21. The molecule has 112 valence electrons. The van der Waals surface area contributed by atoms with E-state index in [0.717, 1.165) is 17.1 Å². The lowest BCUT2D eigenvalue weighted by atomic mass is 10.1. The summed E-state index contributed by atoms with van der Waals surface area (Å²) in [5, 5.41) is 9.26. The van der Waals surface area contributed by atoms with Gasteiger partial charge in [-0.15, -0.1) is 0 Å². The number of methoxy groups -OCH3 is 1. The quantitative estimate of drug-likeness (QED) is 0.672. The van der Waals surface area contributed by atoms with Gasteiger partial charge in [-0.3, -0.25) is 4.79 Å². The average molecular weight is 294 g/mol. The van der Waals surface area contributed by atoms with Gasteiger partial charge in [0.05, 0.1) is 20.1 Å². The third kappa shape index (κ3) is 4.13. The third-order valence-corrected chi connectivity index (χ3v) is 5.38. The Labute approximate surface area is 114 Å². The highest BCUT2D eigenvalue weighted by molar-refractivity contribution is 7.86. The number of ether oxygens (including phenoxy) is 1. The first-order valence-electron chi connectivity index (χ1n) is 6.34. The summed E-state index contributed by atoms with van der Waals surface area (Å²) >= 11 is 0. The topological polar surface area (TPSA) is 87.2 Å². The van der Waals surface area contributed by atoms with Crippen LogP contribution in [0.15, 0.2) is 0 Å². The van der Waals surface area contributed by atoms with Crippen molar-refractivity contribution in [2.75, 3.05) is 33.9 Å². The third-order valence-electron chi connectivity index (χ3n) is 3.33. The lowest BCUT2D eigenvalue weighted by molar-refractivity contribution is -0.140. The first kappa shape index (κ1) is 16.4. The van der Waals surface area contributed by atoms with Crippen LogP contribution in [-0.2, 0) is 19.7 Å². The van der Waals surface area contributed by atoms with Crippen LogP contribution in [0.25, 0.3) is 0 Å². The van der Waals surface area contributed by atoms with E-state index in [1.807, 2.05) is 0 Å². The summed E-state index contributed by atoms with van der Waals surface area (Å²) in [7, 11) is -0.929. The fourth-order valence-electron chi connectivity index (χ4n) is 2.11. The predicted molar refractivity (Wildman–Crippen MR) is 69.6 cm³/mol. The van der Waals surface area contributed by atoms with Crippen molar-refractivity contribution < 1.29 is 23.1 Å². The fraction of sp³-hybridized carbons (Fsp3) is 0.909. The molecule has 1 aliphatic rings. The van der Waals surface area contributed by atoms with Crippen molar-refractivity contribution in [2.45, 2.75) is 31.7 Å². The molecule has 1 saturated heterocycles. The number of carbonyl (C=O) groups is 1. The summed E-state index contributed by atoms with van der Waals surface area (Å²) in [5.74, 6) is -0.445. The molecule has 0 amide bonds. The van der Waals surface area contributed by atoms with Crippen LogP contribution in [0.4, 0.5) is 0 Å².